The molecular formula is C13H18N4O4. The Hall–Kier alpha value is -2.64. The fourth-order valence-corrected chi connectivity index (χ4v) is 1.54. The van der Waals surface area contributed by atoms with Crippen LogP contribution in [0.1, 0.15) is 24.1 Å². The molecule has 0 aliphatic carbocycles. The maximum absolute atomic E-state index is 11.6. The summed E-state index contributed by atoms with van der Waals surface area (Å²) in [5, 5.41) is 13.7. The van der Waals surface area contributed by atoms with Gasteiger partial charge >= 0.3 is 12.0 Å². The predicted molar refractivity (Wildman–Crippen MR) is 74.2 cm³/mol. The highest BCUT2D eigenvalue weighted by Crippen LogP contribution is 2.00. The van der Waals surface area contributed by atoms with Gasteiger partial charge in [-0.25, -0.2) is 9.59 Å². The molecule has 1 atom stereocenters. The number of carbonyl (C=O) groups is 3. The van der Waals surface area contributed by atoms with Crippen molar-refractivity contribution in [2.45, 2.75) is 32.4 Å². The highest BCUT2D eigenvalue weighted by Gasteiger charge is 2.20. The molecule has 1 heterocycles. The number of primary amides is 1. The molecule has 0 aliphatic heterocycles. The summed E-state index contributed by atoms with van der Waals surface area (Å²) in [6.07, 6.45) is 1.46. The number of rotatable bonds is 7. The topological polar surface area (TPSA) is 134 Å². The van der Waals surface area contributed by atoms with Crippen molar-refractivity contribution in [3.05, 3.63) is 29.6 Å². The molecule has 0 radical (unpaired) electrons. The first-order valence-corrected chi connectivity index (χ1v) is 6.35. The van der Waals surface area contributed by atoms with Gasteiger partial charge in [0.05, 0.1) is 0 Å². The quantitative estimate of drug-likeness (QED) is 0.557. The van der Waals surface area contributed by atoms with Gasteiger partial charge in [-0.05, 0) is 25.0 Å². The maximum atomic E-state index is 11.6. The molecule has 1 rings (SSSR count). The monoisotopic (exact) mass is 294 g/mol. The van der Waals surface area contributed by atoms with Crippen molar-refractivity contribution < 1.29 is 19.5 Å². The number of amides is 3. The van der Waals surface area contributed by atoms with E-state index in [1.807, 2.05) is 19.1 Å². The summed E-state index contributed by atoms with van der Waals surface area (Å²) >= 11 is 0. The Bertz CT molecular complexity index is 515. The average molecular weight is 294 g/mol. The molecule has 3 amide bonds. The number of pyridine rings is 1. The Morgan fingerprint density at radius 1 is 1.38 bits per heavy atom. The zero-order chi connectivity index (χ0) is 15.8. The lowest BCUT2D eigenvalue weighted by molar-refractivity contribution is -0.139. The second kappa shape index (κ2) is 7.83. The summed E-state index contributed by atoms with van der Waals surface area (Å²) in [5.74, 6) is -1.84. The Kier molecular flexibility index (Phi) is 6.12. The largest absolute Gasteiger partial charge is 0.480 e. The van der Waals surface area contributed by atoms with Gasteiger partial charge in [0, 0.05) is 24.9 Å². The number of nitrogens with two attached hydrogens (primary N) is 1. The van der Waals surface area contributed by atoms with Crippen LogP contribution >= 0.6 is 0 Å². The van der Waals surface area contributed by atoms with Crippen LogP contribution in [0.2, 0.25) is 0 Å². The van der Waals surface area contributed by atoms with E-state index in [0.29, 0.717) is 0 Å². The second-order valence-corrected chi connectivity index (χ2v) is 4.53. The van der Waals surface area contributed by atoms with E-state index >= 15 is 0 Å². The molecule has 114 valence electrons. The average Bonchev–Trinajstić information content (AvgIpc) is 2.42. The Morgan fingerprint density at radius 3 is 2.62 bits per heavy atom. The summed E-state index contributed by atoms with van der Waals surface area (Å²) in [6.45, 7) is 2.07. The first kappa shape index (κ1) is 16.4. The molecule has 0 bridgehead atoms. The third-order valence-corrected chi connectivity index (χ3v) is 2.71. The Morgan fingerprint density at radius 2 is 2.10 bits per heavy atom. The SMILES string of the molecule is Cc1ccc(CNC(=O)NC(CCC(N)=O)C(=O)O)cn1. The number of carboxylic acid groups (broad SMARTS) is 1. The van der Waals surface area contributed by atoms with Crippen molar-refractivity contribution >= 4 is 17.9 Å². The van der Waals surface area contributed by atoms with Gasteiger partial charge in [-0.1, -0.05) is 6.07 Å². The van der Waals surface area contributed by atoms with Crippen molar-refractivity contribution in [2.75, 3.05) is 0 Å². The molecule has 8 heteroatoms. The molecule has 1 unspecified atom stereocenters. The zero-order valence-electron chi connectivity index (χ0n) is 11.6. The van der Waals surface area contributed by atoms with E-state index in [9.17, 15) is 14.4 Å². The third-order valence-electron chi connectivity index (χ3n) is 2.71. The van der Waals surface area contributed by atoms with Crippen LogP contribution in [-0.2, 0) is 16.1 Å². The van der Waals surface area contributed by atoms with E-state index in [2.05, 4.69) is 15.6 Å². The zero-order valence-corrected chi connectivity index (χ0v) is 11.6. The van der Waals surface area contributed by atoms with Gasteiger partial charge in [0.1, 0.15) is 6.04 Å². The number of carbonyl (C=O) groups excluding carboxylic acids is 2. The fraction of sp³-hybridized carbons (Fsp3) is 0.385. The normalized spacial score (nSPS) is 11.5. The van der Waals surface area contributed by atoms with Crippen LogP contribution in [0.3, 0.4) is 0 Å². The number of aliphatic carboxylic acids is 1. The third kappa shape index (κ3) is 6.37. The van der Waals surface area contributed by atoms with Crippen LogP contribution in [0.25, 0.3) is 0 Å². The van der Waals surface area contributed by atoms with E-state index in [1.165, 1.54) is 0 Å². The van der Waals surface area contributed by atoms with Crippen LogP contribution in [0.15, 0.2) is 18.3 Å². The maximum Gasteiger partial charge on any atom is 0.326 e. The summed E-state index contributed by atoms with van der Waals surface area (Å²) in [7, 11) is 0. The number of aryl methyl sites for hydroxylation is 1. The smallest absolute Gasteiger partial charge is 0.326 e. The molecule has 21 heavy (non-hydrogen) atoms. The molecule has 1 aromatic heterocycles. The fourth-order valence-electron chi connectivity index (χ4n) is 1.54. The van der Waals surface area contributed by atoms with Crippen molar-refractivity contribution in [1.82, 2.24) is 15.6 Å². The van der Waals surface area contributed by atoms with Crippen molar-refractivity contribution in [3.63, 3.8) is 0 Å². The number of carboxylic acids is 1. The summed E-state index contributed by atoms with van der Waals surface area (Å²) < 4.78 is 0. The number of hydrogen-bond donors (Lipinski definition) is 4. The minimum Gasteiger partial charge on any atom is -0.480 e. The Labute approximate surface area is 121 Å². The molecule has 0 aliphatic rings. The second-order valence-electron chi connectivity index (χ2n) is 4.53. The number of aromatic nitrogens is 1. The van der Waals surface area contributed by atoms with Crippen LogP contribution < -0.4 is 16.4 Å². The minimum atomic E-state index is -1.22. The van der Waals surface area contributed by atoms with Gasteiger partial charge in [-0.15, -0.1) is 0 Å². The summed E-state index contributed by atoms with van der Waals surface area (Å²) in [6, 6.07) is 1.83. The number of hydrogen-bond acceptors (Lipinski definition) is 4. The Balaban J connectivity index is 2.44. The van der Waals surface area contributed by atoms with Gasteiger partial charge in [0.15, 0.2) is 0 Å². The molecular weight excluding hydrogens is 276 g/mol. The summed E-state index contributed by atoms with van der Waals surface area (Å²) in [5.41, 5.74) is 6.60. The van der Waals surface area contributed by atoms with E-state index in [4.69, 9.17) is 10.8 Å². The van der Waals surface area contributed by atoms with Crippen molar-refractivity contribution in [3.8, 4) is 0 Å². The highest BCUT2D eigenvalue weighted by molar-refractivity contribution is 5.83. The van der Waals surface area contributed by atoms with E-state index in [0.717, 1.165) is 11.3 Å². The lowest BCUT2D eigenvalue weighted by Gasteiger charge is -2.14. The van der Waals surface area contributed by atoms with Gasteiger partial charge in [0.25, 0.3) is 0 Å². The molecule has 0 aromatic carbocycles. The molecule has 0 fully saturated rings. The van der Waals surface area contributed by atoms with Crippen molar-refractivity contribution in [1.29, 1.82) is 0 Å². The number of nitrogens with one attached hydrogen (secondary N) is 2. The number of nitrogens with zero attached hydrogens (tertiary/aromatic N) is 1. The molecule has 8 nitrogen and oxygen atoms in total. The minimum absolute atomic E-state index is 0.0514. The molecule has 0 saturated carbocycles. The first-order chi connectivity index (χ1) is 9.88. The standard InChI is InChI=1S/C13H18N4O4/c1-8-2-3-9(6-15-8)7-16-13(21)17-10(12(19)20)4-5-11(14)18/h2-3,6,10H,4-5,7H2,1H3,(H2,14,18)(H,19,20)(H2,16,17,21). The van der Waals surface area contributed by atoms with E-state index in [-0.39, 0.29) is 19.4 Å². The van der Waals surface area contributed by atoms with E-state index < -0.39 is 23.9 Å². The number of urea groups is 1. The lowest BCUT2D eigenvalue weighted by Crippen LogP contribution is -2.46. The molecule has 0 spiro atoms. The van der Waals surface area contributed by atoms with E-state index in [1.54, 1.807) is 6.20 Å². The lowest BCUT2D eigenvalue weighted by atomic mass is 10.1. The van der Waals surface area contributed by atoms with Crippen LogP contribution in [0, 0.1) is 6.92 Å². The highest BCUT2D eigenvalue weighted by atomic mass is 16.4. The first-order valence-electron chi connectivity index (χ1n) is 6.35. The van der Waals surface area contributed by atoms with Crippen LogP contribution in [0.5, 0.6) is 0 Å². The van der Waals surface area contributed by atoms with Crippen LogP contribution in [-0.4, -0.2) is 34.0 Å². The summed E-state index contributed by atoms with van der Waals surface area (Å²) in [4.78, 5) is 37.3. The van der Waals surface area contributed by atoms with Gasteiger partial charge < -0.3 is 21.5 Å². The van der Waals surface area contributed by atoms with Gasteiger partial charge in [-0.3, -0.25) is 9.78 Å². The van der Waals surface area contributed by atoms with Crippen LogP contribution in [0.4, 0.5) is 4.79 Å². The molecule has 0 saturated heterocycles. The predicted octanol–water partition coefficient (Wildman–Crippen LogP) is -0.0921. The van der Waals surface area contributed by atoms with Gasteiger partial charge in [-0.2, -0.15) is 0 Å². The molecule has 5 N–H and O–H groups in total. The van der Waals surface area contributed by atoms with Gasteiger partial charge in [0.2, 0.25) is 5.91 Å². The molecule has 1 aromatic rings. The van der Waals surface area contributed by atoms with Crippen molar-refractivity contribution in [2.24, 2.45) is 5.73 Å².